The zero-order chi connectivity index (χ0) is 31.3. The summed E-state index contributed by atoms with van der Waals surface area (Å²) >= 11 is 0. The van der Waals surface area contributed by atoms with Gasteiger partial charge in [-0.2, -0.15) is 18.4 Å². The third-order valence-electron chi connectivity index (χ3n) is 7.00. The molecule has 2 aromatic carbocycles. The van der Waals surface area contributed by atoms with Gasteiger partial charge in [-0.25, -0.2) is 4.98 Å². The highest BCUT2D eigenvalue weighted by Crippen LogP contribution is 2.39. The molecular weight excluding hydrogens is 567 g/mol. The number of phenols is 1. The van der Waals surface area contributed by atoms with E-state index >= 15 is 0 Å². The first kappa shape index (κ1) is 30.9. The fourth-order valence-corrected chi connectivity index (χ4v) is 4.99. The first-order valence-corrected chi connectivity index (χ1v) is 13.2. The number of aromatic hydroxyl groups is 1. The Labute approximate surface area is 245 Å². The van der Waals surface area contributed by atoms with E-state index in [0.29, 0.717) is 40.3 Å². The van der Waals surface area contributed by atoms with Crippen LogP contribution < -0.4 is 26.6 Å². The van der Waals surface area contributed by atoms with E-state index in [1.54, 1.807) is 52.3 Å². The Morgan fingerprint density at radius 1 is 1.23 bits per heavy atom. The minimum atomic E-state index is -5.00. The quantitative estimate of drug-likeness (QED) is 0.274. The topological polar surface area (TPSA) is 171 Å². The fourth-order valence-electron chi connectivity index (χ4n) is 4.99. The number of pyridine rings is 1. The molecule has 1 aromatic heterocycles. The van der Waals surface area contributed by atoms with E-state index in [2.05, 4.69) is 11.1 Å². The molecule has 6 N–H and O–H groups in total. The Bertz CT molecular complexity index is 1560. The van der Waals surface area contributed by atoms with Gasteiger partial charge in [0.2, 0.25) is 5.91 Å². The van der Waals surface area contributed by atoms with Crippen LogP contribution in [0, 0.1) is 11.3 Å². The van der Waals surface area contributed by atoms with E-state index in [1.807, 2.05) is 5.32 Å². The minimum Gasteiger partial charge on any atom is -0.507 e. The summed E-state index contributed by atoms with van der Waals surface area (Å²) in [5, 5.41) is 22.4. The predicted octanol–water partition coefficient (Wildman–Crippen LogP) is 2.77. The SMILES string of the molecule is COCCN(CC(N)=O)c1cc(-c2cc(-c3ccccc3O)nc(N)c2C#N)ccc1N1CCC(NC(=O)C(F)(F)F)C1. The molecule has 1 fully saturated rings. The second kappa shape index (κ2) is 12.9. The predicted molar refractivity (Wildman–Crippen MR) is 154 cm³/mol. The fraction of sp³-hybridized carbons (Fsp3) is 0.310. The smallest absolute Gasteiger partial charge is 0.471 e. The maximum atomic E-state index is 12.8. The molecule has 2 heterocycles. The van der Waals surface area contributed by atoms with Gasteiger partial charge >= 0.3 is 12.1 Å². The van der Waals surface area contributed by atoms with Gasteiger partial charge in [0, 0.05) is 43.9 Å². The van der Waals surface area contributed by atoms with Crippen LogP contribution in [-0.4, -0.2) is 74.0 Å². The Morgan fingerprint density at radius 3 is 2.63 bits per heavy atom. The van der Waals surface area contributed by atoms with Crippen LogP contribution in [0.1, 0.15) is 12.0 Å². The van der Waals surface area contributed by atoms with Gasteiger partial charge in [0.1, 0.15) is 23.2 Å². The number of carbonyl (C=O) groups excluding carboxylic acids is 2. The summed E-state index contributed by atoms with van der Waals surface area (Å²) in [6, 6.07) is 14.6. The van der Waals surface area contributed by atoms with Crippen molar-refractivity contribution in [1.29, 1.82) is 5.26 Å². The molecule has 0 saturated carbocycles. The van der Waals surface area contributed by atoms with Gasteiger partial charge in [0.25, 0.3) is 0 Å². The van der Waals surface area contributed by atoms with Crippen LogP contribution in [0.15, 0.2) is 48.5 Å². The lowest BCUT2D eigenvalue weighted by Gasteiger charge is -2.30. The van der Waals surface area contributed by atoms with Crippen molar-refractivity contribution < 1.29 is 32.6 Å². The molecule has 1 saturated heterocycles. The van der Waals surface area contributed by atoms with Gasteiger partial charge in [0.05, 0.1) is 30.2 Å². The maximum absolute atomic E-state index is 12.8. The molecule has 226 valence electrons. The number of hydrogen-bond acceptors (Lipinski definition) is 9. The number of halogens is 3. The van der Waals surface area contributed by atoms with Crippen LogP contribution in [0.25, 0.3) is 22.4 Å². The molecule has 0 aliphatic carbocycles. The lowest BCUT2D eigenvalue weighted by atomic mass is 9.97. The molecular formula is C29H30F3N7O4. The van der Waals surface area contributed by atoms with E-state index < -0.39 is 24.0 Å². The third-order valence-corrected chi connectivity index (χ3v) is 7.00. The lowest BCUT2D eigenvalue weighted by Crippen LogP contribution is -2.44. The molecule has 1 unspecified atom stereocenters. The number of nitrogen functional groups attached to an aromatic ring is 1. The normalized spacial score (nSPS) is 14.8. The Balaban J connectivity index is 1.82. The summed E-state index contributed by atoms with van der Waals surface area (Å²) in [5.74, 6) is -2.73. The monoisotopic (exact) mass is 597 g/mol. The molecule has 1 atom stereocenters. The molecule has 2 amide bonds. The summed E-state index contributed by atoms with van der Waals surface area (Å²) < 4.78 is 43.8. The number of ether oxygens (including phenoxy) is 1. The zero-order valence-electron chi connectivity index (χ0n) is 23.2. The molecule has 0 radical (unpaired) electrons. The lowest BCUT2D eigenvalue weighted by molar-refractivity contribution is -0.174. The number of nitrogens with one attached hydrogen (secondary N) is 1. The van der Waals surface area contributed by atoms with Crippen molar-refractivity contribution in [3.05, 3.63) is 54.1 Å². The van der Waals surface area contributed by atoms with Gasteiger partial charge in [-0.3, -0.25) is 9.59 Å². The summed E-state index contributed by atoms with van der Waals surface area (Å²) in [7, 11) is 1.49. The first-order chi connectivity index (χ1) is 20.4. The second-order valence-electron chi connectivity index (χ2n) is 9.93. The number of aromatic nitrogens is 1. The molecule has 43 heavy (non-hydrogen) atoms. The number of rotatable bonds is 10. The standard InChI is InChI=1S/C29H30F3N7O4/c1-43-11-10-39(16-26(34)41)24-12-17(6-7-23(24)38-9-8-18(15-38)36-28(42)29(30,31)32)20-13-22(37-27(35)21(20)14-33)19-4-2-3-5-25(19)40/h2-7,12-13,18,40H,8-11,15-16H2,1H3,(H2,34,41)(H2,35,37)(H,36,42). The molecule has 4 rings (SSSR count). The number of nitrogens with zero attached hydrogens (tertiary/aromatic N) is 4. The van der Waals surface area contributed by atoms with Crippen molar-refractivity contribution in [3.8, 4) is 34.2 Å². The highest BCUT2D eigenvalue weighted by molar-refractivity contribution is 5.88. The van der Waals surface area contributed by atoms with Crippen molar-refractivity contribution in [2.24, 2.45) is 5.73 Å². The van der Waals surface area contributed by atoms with Crippen molar-refractivity contribution >= 4 is 29.0 Å². The maximum Gasteiger partial charge on any atom is 0.471 e. The molecule has 1 aliphatic heterocycles. The van der Waals surface area contributed by atoms with Gasteiger partial charge in [0.15, 0.2) is 0 Å². The Morgan fingerprint density at radius 2 is 1.98 bits per heavy atom. The van der Waals surface area contributed by atoms with Crippen LogP contribution >= 0.6 is 0 Å². The van der Waals surface area contributed by atoms with E-state index in [1.165, 1.54) is 13.2 Å². The van der Waals surface area contributed by atoms with Crippen molar-refractivity contribution in [2.75, 3.05) is 55.4 Å². The van der Waals surface area contributed by atoms with Gasteiger partial charge in [-0.1, -0.05) is 18.2 Å². The van der Waals surface area contributed by atoms with Gasteiger partial charge in [-0.05, 0) is 42.3 Å². The van der Waals surface area contributed by atoms with Crippen LogP contribution in [0.2, 0.25) is 0 Å². The third kappa shape index (κ3) is 7.07. The van der Waals surface area contributed by atoms with E-state index in [9.17, 15) is 33.1 Å². The van der Waals surface area contributed by atoms with E-state index in [4.69, 9.17) is 16.2 Å². The van der Waals surface area contributed by atoms with Crippen molar-refractivity contribution in [2.45, 2.75) is 18.6 Å². The molecule has 0 spiro atoms. The summed E-state index contributed by atoms with van der Waals surface area (Å²) in [6.45, 7) is 0.683. The van der Waals surface area contributed by atoms with Crippen LogP contribution in [0.4, 0.5) is 30.4 Å². The number of anilines is 3. The number of primary amides is 1. The molecule has 11 nitrogen and oxygen atoms in total. The molecule has 1 aliphatic rings. The first-order valence-electron chi connectivity index (χ1n) is 13.2. The van der Waals surface area contributed by atoms with Crippen LogP contribution in [0.3, 0.4) is 0 Å². The van der Waals surface area contributed by atoms with Crippen molar-refractivity contribution in [3.63, 3.8) is 0 Å². The summed E-state index contributed by atoms with van der Waals surface area (Å²) in [4.78, 5) is 31.4. The van der Waals surface area contributed by atoms with Gasteiger partial charge < -0.3 is 36.4 Å². The number of alkyl halides is 3. The van der Waals surface area contributed by atoms with Crippen LogP contribution in [-0.2, 0) is 14.3 Å². The van der Waals surface area contributed by atoms with Gasteiger partial charge in [-0.15, -0.1) is 0 Å². The number of carbonyl (C=O) groups is 2. The highest BCUT2D eigenvalue weighted by atomic mass is 19.4. The van der Waals surface area contributed by atoms with E-state index in [-0.39, 0.29) is 49.8 Å². The molecule has 3 aromatic rings. The number of para-hydroxylation sites is 1. The number of hydrogen-bond donors (Lipinski definition) is 4. The number of amides is 2. The number of nitriles is 1. The van der Waals surface area contributed by atoms with Crippen molar-refractivity contribution in [1.82, 2.24) is 10.3 Å². The average molecular weight is 598 g/mol. The zero-order valence-corrected chi connectivity index (χ0v) is 23.2. The average Bonchev–Trinajstić information content (AvgIpc) is 3.42. The number of benzene rings is 2. The van der Waals surface area contributed by atoms with Crippen LogP contribution in [0.5, 0.6) is 5.75 Å². The molecule has 14 heteroatoms. The second-order valence-corrected chi connectivity index (χ2v) is 9.93. The number of nitrogens with two attached hydrogens (primary N) is 2. The minimum absolute atomic E-state index is 0.0329. The Kier molecular flexibility index (Phi) is 9.25. The van der Waals surface area contributed by atoms with E-state index in [0.717, 1.165) is 0 Å². The summed E-state index contributed by atoms with van der Waals surface area (Å²) in [6.07, 6.45) is -4.74. The largest absolute Gasteiger partial charge is 0.507 e. The molecule has 0 bridgehead atoms. The Hall–Kier alpha value is -5.03. The summed E-state index contributed by atoms with van der Waals surface area (Å²) in [5.41, 5.74) is 14.5. The number of methoxy groups -OCH3 is 1. The number of phenolic OH excluding ortho intramolecular Hbond substituents is 1. The highest BCUT2D eigenvalue weighted by Gasteiger charge is 2.41.